The number of hydrogen-bond donors (Lipinski definition) is 8. The van der Waals surface area contributed by atoms with Crippen LogP contribution in [0.5, 0.6) is 0 Å². The number of anilines is 8. The van der Waals surface area contributed by atoms with Crippen LogP contribution in [0.3, 0.4) is 0 Å². The van der Waals surface area contributed by atoms with Gasteiger partial charge in [0.25, 0.3) is 0 Å². The first-order valence-electron chi connectivity index (χ1n) is 23.7. The number of rotatable bonds is 21. The zero-order valence-electron chi connectivity index (χ0n) is 40.8. The van der Waals surface area contributed by atoms with Gasteiger partial charge in [-0.25, -0.2) is 9.97 Å². The quantitative estimate of drug-likeness (QED) is 0.0315. The highest BCUT2D eigenvalue weighted by molar-refractivity contribution is 5.94. The summed E-state index contributed by atoms with van der Waals surface area (Å²) >= 11 is 0. The van der Waals surface area contributed by atoms with E-state index in [4.69, 9.17) is 11.5 Å². The number of amides is 4. The number of aromatic nitrogens is 4. The molecule has 0 aliphatic carbocycles. The molecule has 364 valence electrons. The van der Waals surface area contributed by atoms with Gasteiger partial charge in [-0.2, -0.15) is 9.97 Å². The summed E-state index contributed by atoms with van der Waals surface area (Å²) in [5, 5.41) is 18.9. The topological polar surface area (TPSA) is 244 Å². The molecular formula is C54H64N12O4. The van der Waals surface area contributed by atoms with E-state index in [1.54, 1.807) is 54.7 Å². The zero-order chi connectivity index (χ0) is 50.4. The maximum Gasteiger partial charge on any atom is 0.248 e. The van der Waals surface area contributed by atoms with E-state index < -0.39 is 11.8 Å². The Balaban J connectivity index is 0.000000261. The van der Waals surface area contributed by atoms with E-state index in [0.29, 0.717) is 40.1 Å². The van der Waals surface area contributed by atoms with Crippen molar-refractivity contribution in [1.29, 1.82) is 0 Å². The van der Waals surface area contributed by atoms with Gasteiger partial charge >= 0.3 is 0 Å². The van der Waals surface area contributed by atoms with Crippen molar-refractivity contribution in [3.63, 3.8) is 0 Å². The average Bonchev–Trinajstić information content (AvgIpc) is 3.37. The Morgan fingerprint density at radius 3 is 1.60 bits per heavy atom. The van der Waals surface area contributed by atoms with Crippen LogP contribution in [-0.2, 0) is 22.4 Å². The molecule has 4 amide bonds. The lowest BCUT2D eigenvalue weighted by atomic mass is 10.0. The van der Waals surface area contributed by atoms with E-state index in [1.165, 1.54) is 0 Å². The molecule has 0 spiro atoms. The fourth-order valence-corrected chi connectivity index (χ4v) is 6.45. The number of nitrogens with zero attached hydrogens (tertiary/aromatic N) is 4. The molecule has 0 fully saturated rings. The van der Waals surface area contributed by atoms with Crippen LogP contribution in [0.25, 0.3) is 0 Å². The lowest BCUT2D eigenvalue weighted by Crippen LogP contribution is -2.19. The summed E-state index contributed by atoms with van der Waals surface area (Å²) in [6.07, 6.45) is 8.52. The number of aryl methyl sites for hydroxylation is 2. The summed E-state index contributed by atoms with van der Waals surface area (Å²) in [7, 11) is 0. The number of carbonyl (C=O) groups is 4. The molecule has 2 heterocycles. The number of nitrogens with two attached hydrogens (primary N) is 2. The molecule has 4 aromatic carbocycles. The van der Waals surface area contributed by atoms with Crippen LogP contribution in [0.15, 0.2) is 109 Å². The molecule has 6 rings (SSSR count). The van der Waals surface area contributed by atoms with E-state index >= 15 is 0 Å². The summed E-state index contributed by atoms with van der Waals surface area (Å²) in [4.78, 5) is 65.1. The molecule has 2 atom stereocenters. The van der Waals surface area contributed by atoms with Crippen molar-refractivity contribution in [3.05, 3.63) is 143 Å². The van der Waals surface area contributed by atoms with Crippen LogP contribution < -0.4 is 43.4 Å². The SMILES string of the molecule is CCCNc1nc(Nc2ccc(C(N)=O)cc2)ncc1C#Cc1cccc(NC(=O)[C@H](C)CC)c1.CCCNc1nc(Nc2ccc(C(N)=O)cc2)ncc1CCc1cccc(NC(=O)[C@H](C)CC)c1. The zero-order valence-corrected chi connectivity index (χ0v) is 40.8. The van der Waals surface area contributed by atoms with Crippen molar-refractivity contribution in [2.24, 2.45) is 23.3 Å². The van der Waals surface area contributed by atoms with Crippen LogP contribution in [0.1, 0.15) is 110 Å². The lowest BCUT2D eigenvalue weighted by Gasteiger charge is -2.14. The summed E-state index contributed by atoms with van der Waals surface area (Å²) < 4.78 is 0. The molecule has 0 aliphatic rings. The highest BCUT2D eigenvalue weighted by Gasteiger charge is 2.14. The van der Waals surface area contributed by atoms with Crippen molar-refractivity contribution in [2.45, 2.75) is 80.1 Å². The molecule has 0 aliphatic heterocycles. The third kappa shape index (κ3) is 16.5. The molecule has 0 radical (unpaired) electrons. The molecular weight excluding hydrogens is 881 g/mol. The number of benzene rings is 4. The maximum absolute atomic E-state index is 12.2. The van der Waals surface area contributed by atoms with E-state index in [9.17, 15) is 19.2 Å². The molecule has 16 heteroatoms. The van der Waals surface area contributed by atoms with Gasteiger partial charge in [0.2, 0.25) is 35.5 Å². The van der Waals surface area contributed by atoms with Crippen molar-refractivity contribution < 1.29 is 19.2 Å². The van der Waals surface area contributed by atoms with Crippen LogP contribution in [0.4, 0.5) is 46.3 Å². The van der Waals surface area contributed by atoms with Crippen molar-refractivity contribution in [3.8, 4) is 11.8 Å². The summed E-state index contributed by atoms with van der Waals surface area (Å²) in [5.74, 6) is 7.55. The summed E-state index contributed by atoms with van der Waals surface area (Å²) in [6.45, 7) is 13.5. The van der Waals surface area contributed by atoms with Crippen LogP contribution in [0.2, 0.25) is 0 Å². The number of carbonyl (C=O) groups excluding carboxylic acids is 4. The monoisotopic (exact) mass is 945 g/mol. The molecule has 0 saturated heterocycles. The average molecular weight is 945 g/mol. The largest absolute Gasteiger partial charge is 0.370 e. The van der Waals surface area contributed by atoms with Gasteiger partial charge in [-0.05, 0) is 123 Å². The third-order valence-corrected chi connectivity index (χ3v) is 11.1. The van der Waals surface area contributed by atoms with Gasteiger partial charge in [-0.1, -0.05) is 71.6 Å². The van der Waals surface area contributed by atoms with E-state index in [-0.39, 0.29) is 23.7 Å². The molecule has 0 saturated carbocycles. The Morgan fingerprint density at radius 2 is 1.07 bits per heavy atom. The summed E-state index contributed by atoms with van der Waals surface area (Å²) in [5.41, 5.74) is 18.1. The third-order valence-electron chi connectivity index (χ3n) is 11.1. The fraction of sp³-hybridized carbons (Fsp3) is 0.296. The first kappa shape index (κ1) is 52.6. The van der Waals surface area contributed by atoms with Gasteiger partial charge in [-0.15, -0.1) is 0 Å². The minimum absolute atomic E-state index is 0.00980. The van der Waals surface area contributed by atoms with E-state index in [0.717, 1.165) is 91.2 Å². The predicted molar refractivity (Wildman–Crippen MR) is 281 cm³/mol. The van der Waals surface area contributed by atoms with Gasteiger partial charge in [-0.3, -0.25) is 19.2 Å². The van der Waals surface area contributed by atoms with Gasteiger partial charge in [0, 0.05) is 76.1 Å². The fourth-order valence-electron chi connectivity index (χ4n) is 6.45. The minimum Gasteiger partial charge on any atom is -0.370 e. The maximum atomic E-state index is 12.2. The molecule has 16 nitrogen and oxygen atoms in total. The minimum atomic E-state index is -0.481. The number of hydrogen-bond acceptors (Lipinski definition) is 12. The van der Waals surface area contributed by atoms with Crippen LogP contribution in [0, 0.1) is 23.7 Å². The molecule has 2 aromatic heterocycles. The molecule has 0 bridgehead atoms. The first-order chi connectivity index (χ1) is 33.8. The number of primary amides is 2. The van der Waals surface area contributed by atoms with E-state index in [1.807, 2.05) is 76.4 Å². The standard InChI is InChI=1S/C27H34N6O2.C27H30N6O2/c2*1-4-15-29-25-21(10-9-19-7-6-8-23(16-19)31-26(35)18(3)5-2)17-30-27(33-25)32-22-13-11-20(12-14-22)24(28)34/h6-8,11-14,16-18H,4-5,9-10,15H2,1-3H3,(H2,28,34)(H,31,35)(H2,29,30,32,33);6-8,11-14,16-18H,4-5,15H2,1-3H3,(H2,28,34)(H,31,35)(H2,29,30,32,33)/t2*18-/m11/s1. The van der Waals surface area contributed by atoms with Gasteiger partial charge in [0.05, 0.1) is 11.8 Å². The first-order valence-corrected chi connectivity index (χ1v) is 23.7. The van der Waals surface area contributed by atoms with E-state index in [2.05, 4.69) is 83.6 Å². The molecule has 70 heavy (non-hydrogen) atoms. The number of nitrogens with one attached hydrogen (secondary N) is 6. The highest BCUT2D eigenvalue weighted by atomic mass is 16.2. The second-order valence-electron chi connectivity index (χ2n) is 16.6. The van der Waals surface area contributed by atoms with Crippen LogP contribution in [-0.4, -0.2) is 56.7 Å². The Bertz CT molecular complexity index is 2770. The van der Waals surface area contributed by atoms with Crippen molar-refractivity contribution in [1.82, 2.24) is 19.9 Å². The smallest absolute Gasteiger partial charge is 0.248 e. The van der Waals surface area contributed by atoms with Gasteiger partial charge in [0.1, 0.15) is 11.6 Å². The Kier molecular flexibility index (Phi) is 20.2. The molecule has 0 unspecified atom stereocenters. The van der Waals surface area contributed by atoms with Gasteiger partial charge < -0.3 is 43.4 Å². The second-order valence-corrected chi connectivity index (χ2v) is 16.6. The Morgan fingerprint density at radius 1 is 0.571 bits per heavy atom. The highest BCUT2D eigenvalue weighted by Crippen LogP contribution is 2.23. The normalized spacial score (nSPS) is 11.3. The lowest BCUT2D eigenvalue weighted by molar-refractivity contribution is -0.120. The molecule has 6 aromatic rings. The van der Waals surface area contributed by atoms with Crippen molar-refractivity contribution in [2.75, 3.05) is 45.0 Å². The summed E-state index contributed by atoms with van der Waals surface area (Å²) in [6, 6.07) is 29.0. The Labute approximate surface area is 410 Å². The Hall–Kier alpha value is -8.32. The van der Waals surface area contributed by atoms with Crippen LogP contribution >= 0.6 is 0 Å². The second kappa shape index (κ2) is 26.9. The predicted octanol–water partition coefficient (Wildman–Crippen LogP) is 9.44. The van der Waals surface area contributed by atoms with Crippen molar-refractivity contribution >= 4 is 69.9 Å². The molecule has 10 N–H and O–H groups in total. The van der Waals surface area contributed by atoms with Gasteiger partial charge in [0.15, 0.2) is 0 Å².